The van der Waals surface area contributed by atoms with Crippen LogP contribution in [0.1, 0.15) is 62.6 Å². The molecule has 0 fully saturated rings. The second kappa shape index (κ2) is 12.3. The zero-order valence-corrected chi connectivity index (χ0v) is 22.9. The van der Waals surface area contributed by atoms with Crippen molar-refractivity contribution >= 4 is 27.6 Å². The lowest BCUT2D eigenvalue weighted by Crippen LogP contribution is -2.46. The Morgan fingerprint density at radius 3 is 2.15 bits per heavy atom. The molecule has 1 heterocycles. The lowest BCUT2D eigenvalue weighted by molar-refractivity contribution is -0.135. The molecule has 0 spiro atoms. The summed E-state index contributed by atoms with van der Waals surface area (Å²) in [6, 6.07) is 8.94. The van der Waals surface area contributed by atoms with Gasteiger partial charge in [0.05, 0.1) is 24.7 Å². The molecule has 39 heavy (non-hydrogen) atoms. The molecule has 7 nitrogen and oxygen atoms in total. The van der Waals surface area contributed by atoms with Crippen LogP contribution in [-0.2, 0) is 16.8 Å². The van der Waals surface area contributed by atoms with E-state index < -0.39 is 40.7 Å². The van der Waals surface area contributed by atoms with Gasteiger partial charge in [-0.05, 0) is 46.7 Å². The van der Waals surface area contributed by atoms with Crippen molar-refractivity contribution in [3.8, 4) is 0 Å². The lowest BCUT2D eigenvalue weighted by Gasteiger charge is -2.24. The van der Waals surface area contributed by atoms with E-state index in [1.54, 1.807) is 30.3 Å². The molecule has 1 atom stereocenters. The second-order valence-electron chi connectivity index (χ2n) is 9.95. The van der Waals surface area contributed by atoms with Gasteiger partial charge in [0.2, 0.25) is 0 Å². The van der Waals surface area contributed by atoms with Gasteiger partial charge in [-0.15, -0.1) is 0 Å². The Balaban J connectivity index is 1.86. The molecule has 0 bridgehead atoms. The van der Waals surface area contributed by atoms with Crippen LogP contribution in [0.3, 0.4) is 0 Å². The minimum Gasteiger partial charge on any atom is -0.307 e. The summed E-state index contributed by atoms with van der Waals surface area (Å²) in [4.78, 5) is 17.0. The molecule has 2 aromatic carbocycles. The molecule has 0 saturated heterocycles. The van der Waals surface area contributed by atoms with Gasteiger partial charge in [0, 0.05) is 12.2 Å². The highest BCUT2D eigenvalue weighted by Gasteiger charge is 2.33. The molecule has 3 rings (SSSR count). The molecule has 12 heteroatoms. The number of hydrogen-bond acceptors (Lipinski definition) is 4. The molecule has 0 radical (unpaired) electrons. The fraction of sp³-hybridized carbons (Fsp3) is 0.407. The number of urea groups is 1. The fourth-order valence-electron chi connectivity index (χ4n) is 4.18. The van der Waals surface area contributed by atoms with Gasteiger partial charge in [0.25, 0.3) is 0 Å². The van der Waals surface area contributed by atoms with E-state index in [4.69, 9.17) is 0 Å². The second-order valence-corrected chi connectivity index (χ2v) is 11.6. The summed E-state index contributed by atoms with van der Waals surface area (Å²) in [5, 5.41) is 2.58. The summed E-state index contributed by atoms with van der Waals surface area (Å²) in [5.74, 6) is -0.808. The standard InChI is InChI=1S/C27H32F4N4O3S/c1-17(2)23-12-20(28)13-24(18(3)4)25(23)33-26(36)34-39(37,38)35(15-19-8-6-5-7-9-19)16-22-11-10-21(32-22)14-27(29,30)31/h5-13,17-18,21H,14-16H2,1-4H3,(H2,33,34,36). The molecule has 1 aliphatic rings. The number of rotatable bonds is 10. The average molecular weight is 569 g/mol. The van der Waals surface area contributed by atoms with E-state index in [1.807, 2.05) is 32.4 Å². The van der Waals surface area contributed by atoms with Crippen LogP contribution in [0.15, 0.2) is 59.6 Å². The van der Waals surface area contributed by atoms with Gasteiger partial charge in [-0.3, -0.25) is 4.99 Å². The molecule has 1 unspecified atom stereocenters. The van der Waals surface area contributed by atoms with Crippen molar-refractivity contribution in [3.05, 3.63) is 77.1 Å². The third-order valence-corrected chi connectivity index (χ3v) is 7.41. The summed E-state index contributed by atoms with van der Waals surface area (Å²) in [7, 11) is -4.49. The van der Waals surface area contributed by atoms with Gasteiger partial charge in [0.1, 0.15) is 5.82 Å². The number of alkyl halides is 3. The van der Waals surface area contributed by atoms with E-state index in [0.29, 0.717) is 22.4 Å². The molecule has 0 aliphatic carbocycles. The van der Waals surface area contributed by atoms with Crippen molar-refractivity contribution < 1.29 is 30.8 Å². The Morgan fingerprint density at radius 1 is 1.03 bits per heavy atom. The van der Waals surface area contributed by atoms with Crippen LogP contribution < -0.4 is 10.0 Å². The van der Waals surface area contributed by atoms with Crippen molar-refractivity contribution in [2.75, 3.05) is 11.9 Å². The van der Waals surface area contributed by atoms with Crippen LogP contribution in [-0.4, -0.2) is 43.2 Å². The van der Waals surface area contributed by atoms with E-state index in [9.17, 15) is 30.8 Å². The zero-order valence-electron chi connectivity index (χ0n) is 22.1. The van der Waals surface area contributed by atoms with Crippen LogP contribution in [0, 0.1) is 5.82 Å². The Bertz CT molecular complexity index is 1310. The number of carbonyl (C=O) groups is 1. The number of aliphatic imine (C=N–C) groups is 1. The van der Waals surface area contributed by atoms with E-state index in [1.165, 1.54) is 24.3 Å². The molecule has 0 aromatic heterocycles. The molecule has 0 saturated carbocycles. The summed E-state index contributed by atoms with van der Waals surface area (Å²) < 4.78 is 82.3. The van der Waals surface area contributed by atoms with Crippen LogP contribution in [0.4, 0.5) is 28.0 Å². The fourth-order valence-corrected chi connectivity index (χ4v) is 5.22. The maximum Gasteiger partial charge on any atom is 0.391 e. The summed E-state index contributed by atoms with van der Waals surface area (Å²) in [6.07, 6.45) is -2.96. The Hall–Kier alpha value is -3.25. The quantitative estimate of drug-likeness (QED) is 0.331. The minimum atomic E-state index is -4.49. The number of benzene rings is 2. The van der Waals surface area contributed by atoms with Gasteiger partial charge < -0.3 is 5.32 Å². The van der Waals surface area contributed by atoms with E-state index in [-0.39, 0.29) is 30.6 Å². The van der Waals surface area contributed by atoms with E-state index in [0.717, 1.165) is 4.31 Å². The molecular weight excluding hydrogens is 536 g/mol. The van der Waals surface area contributed by atoms with Crippen molar-refractivity contribution in [3.63, 3.8) is 0 Å². The third-order valence-electron chi connectivity index (χ3n) is 6.03. The summed E-state index contributed by atoms with van der Waals surface area (Å²) in [6.45, 7) is 6.77. The Morgan fingerprint density at radius 2 is 1.62 bits per heavy atom. The first-order valence-corrected chi connectivity index (χ1v) is 13.9. The Kier molecular flexibility index (Phi) is 9.55. The molecule has 2 amide bonds. The average Bonchev–Trinajstić information content (AvgIpc) is 3.24. The largest absolute Gasteiger partial charge is 0.391 e. The third kappa shape index (κ3) is 8.62. The first-order valence-electron chi connectivity index (χ1n) is 12.4. The zero-order chi connectivity index (χ0) is 29.0. The van der Waals surface area contributed by atoms with Gasteiger partial charge >= 0.3 is 22.4 Å². The molecule has 2 aromatic rings. The topological polar surface area (TPSA) is 90.9 Å². The molecule has 2 N–H and O–H groups in total. The number of carbonyl (C=O) groups excluding carboxylic acids is 1. The van der Waals surface area contributed by atoms with Crippen LogP contribution >= 0.6 is 0 Å². The molecular formula is C27H32F4N4O3S. The van der Waals surface area contributed by atoms with Crippen LogP contribution in [0.5, 0.6) is 0 Å². The van der Waals surface area contributed by atoms with Crippen molar-refractivity contribution in [1.82, 2.24) is 9.03 Å². The van der Waals surface area contributed by atoms with E-state index >= 15 is 0 Å². The maximum atomic E-state index is 14.3. The highest BCUT2D eigenvalue weighted by molar-refractivity contribution is 7.87. The number of nitrogens with one attached hydrogen (secondary N) is 2. The summed E-state index contributed by atoms with van der Waals surface area (Å²) >= 11 is 0. The van der Waals surface area contributed by atoms with Crippen molar-refractivity contribution in [2.45, 2.75) is 64.7 Å². The van der Waals surface area contributed by atoms with Crippen molar-refractivity contribution in [2.24, 2.45) is 4.99 Å². The Labute approximate surface area is 226 Å². The molecule has 212 valence electrons. The first kappa shape index (κ1) is 30.3. The predicted molar refractivity (Wildman–Crippen MR) is 144 cm³/mol. The normalized spacial score (nSPS) is 15.8. The summed E-state index contributed by atoms with van der Waals surface area (Å²) in [5.41, 5.74) is 2.07. The monoisotopic (exact) mass is 568 g/mol. The maximum absolute atomic E-state index is 14.3. The number of hydrogen-bond donors (Lipinski definition) is 2. The number of halogens is 4. The SMILES string of the molecule is CC(C)c1cc(F)cc(C(C)C)c1NC(=O)NS(=O)(=O)N(CC1=NC(CC(F)(F)F)C=C1)Cc1ccccc1. The van der Waals surface area contributed by atoms with Crippen LogP contribution in [0.25, 0.3) is 0 Å². The number of nitrogens with zero attached hydrogens (tertiary/aromatic N) is 2. The van der Waals surface area contributed by atoms with Gasteiger partial charge in [-0.25, -0.2) is 13.9 Å². The van der Waals surface area contributed by atoms with E-state index in [2.05, 4.69) is 10.3 Å². The van der Waals surface area contributed by atoms with Gasteiger partial charge in [0.15, 0.2) is 0 Å². The number of amides is 2. The van der Waals surface area contributed by atoms with Crippen LogP contribution in [0.2, 0.25) is 0 Å². The minimum absolute atomic E-state index is 0.133. The van der Waals surface area contributed by atoms with Gasteiger partial charge in [-0.2, -0.15) is 25.9 Å². The smallest absolute Gasteiger partial charge is 0.307 e. The van der Waals surface area contributed by atoms with Gasteiger partial charge in [-0.1, -0.05) is 64.1 Å². The first-order chi connectivity index (χ1) is 18.1. The van der Waals surface area contributed by atoms with Crippen molar-refractivity contribution in [1.29, 1.82) is 0 Å². The molecule has 1 aliphatic heterocycles. The predicted octanol–water partition coefficient (Wildman–Crippen LogP) is 6.27. The lowest BCUT2D eigenvalue weighted by atomic mass is 9.92. The number of anilines is 1. The highest BCUT2D eigenvalue weighted by atomic mass is 32.2. The highest BCUT2D eigenvalue weighted by Crippen LogP contribution is 2.33.